The summed E-state index contributed by atoms with van der Waals surface area (Å²) in [6, 6.07) is 19.5. The zero-order valence-corrected chi connectivity index (χ0v) is 18.8. The second kappa shape index (κ2) is 10.1. The lowest BCUT2D eigenvalue weighted by molar-refractivity contribution is 0.0697. The van der Waals surface area contributed by atoms with Gasteiger partial charge < -0.3 is 20.9 Å². The summed E-state index contributed by atoms with van der Waals surface area (Å²) in [5, 5.41) is 31.3. The molecule has 4 aromatic rings. The first kappa shape index (κ1) is 22.9. The number of phenols is 1. The SMILES string of the molecule is N=C(CC(NC(=O)c1ccc(-c2ccccc2C(=O)O)s1)c1ccccc1O)c1cccnc1. The fourth-order valence-corrected chi connectivity index (χ4v) is 4.55. The molecular weight excluding hydrogens is 450 g/mol. The van der Waals surface area contributed by atoms with Crippen LogP contribution in [0, 0.1) is 5.41 Å². The van der Waals surface area contributed by atoms with Gasteiger partial charge in [0.1, 0.15) is 5.75 Å². The maximum absolute atomic E-state index is 13.1. The van der Waals surface area contributed by atoms with Crippen molar-refractivity contribution < 1.29 is 19.8 Å². The van der Waals surface area contributed by atoms with E-state index in [0.29, 0.717) is 26.4 Å². The second-order valence-electron chi connectivity index (χ2n) is 7.52. The number of hydrogen-bond donors (Lipinski definition) is 4. The smallest absolute Gasteiger partial charge is 0.336 e. The van der Waals surface area contributed by atoms with Crippen LogP contribution in [0.5, 0.6) is 5.75 Å². The van der Waals surface area contributed by atoms with Crippen LogP contribution in [0.3, 0.4) is 0 Å². The van der Waals surface area contributed by atoms with Gasteiger partial charge in [0.2, 0.25) is 0 Å². The fourth-order valence-electron chi connectivity index (χ4n) is 3.60. The molecule has 2 heterocycles. The number of rotatable bonds is 8. The Balaban J connectivity index is 1.60. The van der Waals surface area contributed by atoms with Gasteiger partial charge in [-0.2, -0.15) is 0 Å². The highest BCUT2D eigenvalue weighted by molar-refractivity contribution is 7.17. The third kappa shape index (κ3) is 5.02. The monoisotopic (exact) mass is 471 g/mol. The predicted molar refractivity (Wildman–Crippen MR) is 131 cm³/mol. The number of aromatic hydroxyl groups is 1. The molecule has 0 radical (unpaired) electrons. The Hall–Kier alpha value is -4.30. The summed E-state index contributed by atoms with van der Waals surface area (Å²) >= 11 is 1.18. The van der Waals surface area contributed by atoms with E-state index >= 15 is 0 Å². The maximum atomic E-state index is 13.1. The molecule has 1 amide bonds. The lowest BCUT2D eigenvalue weighted by Crippen LogP contribution is -2.29. The van der Waals surface area contributed by atoms with E-state index in [9.17, 15) is 19.8 Å². The third-order valence-corrected chi connectivity index (χ3v) is 6.41. The zero-order chi connectivity index (χ0) is 24.1. The van der Waals surface area contributed by atoms with Crippen LogP contribution in [0.15, 0.2) is 85.2 Å². The van der Waals surface area contributed by atoms with Gasteiger partial charge >= 0.3 is 5.97 Å². The number of para-hydroxylation sites is 1. The average molecular weight is 472 g/mol. The van der Waals surface area contributed by atoms with Crippen LogP contribution in [-0.4, -0.2) is 32.8 Å². The highest BCUT2D eigenvalue weighted by atomic mass is 32.1. The topological polar surface area (TPSA) is 123 Å². The summed E-state index contributed by atoms with van der Waals surface area (Å²) in [4.78, 5) is 29.8. The van der Waals surface area contributed by atoms with E-state index in [-0.39, 0.29) is 29.4 Å². The molecule has 8 heteroatoms. The third-order valence-electron chi connectivity index (χ3n) is 5.29. The number of carboxylic acids is 1. The Morgan fingerprint density at radius 3 is 2.50 bits per heavy atom. The quantitative estimate of drug-likeness (QED) is 0.265. The standard InChI is InChI=1S/C26H21N3O4S/c27-20(16-6-5-13-28-15-16)14-21(19-9-3-4-10-22(19)30)29-25(31)24-12-11-23(34-24)17-7-1-2-8-18(17)26(32)33/h1-13,15,21,27,30H,14H2,(H,29,31)(H,32,33). The Labute approximate surface area is 199 Å². The van der Waals surface area contributed by atoms with Crippen molar-refractivity contribution in [1.82, 2.24) is 10.3 Å². The maximum Gasteiger partial charge on any atom is 0.336 e. The summed E-state index contributed by atoms with van der Waals surface area (Å²) in [6.45, 7) is 0. The zero-order valence-electron chi connectivity index (χ0n) is 17.9. The Bertz CT molecular complexity index is 1350. The molecule has 7 nitrogen and oxygen atoms in total. The first-order valence-corrected chi connectivity index (χ1v) is 11.2. The van der Waals surface area contributed by atoms with Gasteiger partial charge in [-0.3, -0.25) is 9.78 Å². The van der Waals surface area contributed by atoms with E-state index in [1.807, 2.05) is 0 Å². The van der Waals surface area contributed by atoms with E-state index in [4.69, 9.17) is 5.41 Å². The minimum atomic E-state index is -1.04. The number of aromatic nitrogens is 1. The molecule has 1 unspecified atom stereocenters. The van der Waals surface area contributed by atoms with Crippen molar-refractivity contribution >= 4 is 28.9 Å². The minimum absolute atomic E-state index is 0.0223. The van der Waals surface area contributed by atoms with Crippen molar-refractivity contribution in [3.05, 3.63) is 107 Å². The number of carbonyl (C=O) groups is 2. The molecule has 0 aliphatic rings. The van der Waals surface area contributed by atoms with Crippen LogP contribution in [0.25, 0.3) is 10.4 Å². The molecule has 0 saturated carbocycles. The highest BCUT2D eigenvalue weighted by Crippen LogP contribution is 2.32. The van der Waals surface area contributed by atoms with Crippen molar-refractivity contribution in [2.75, 3.05) is 0 Å². The first-order valence-electron chi connectivity index (χ1n) is 10.4. The number of benzene rings is 2. The van der Waals surface area contributed by atoms with Gasteiger partial charge in [-0.25, -0.2) is 4.79 Å². The van der Waals surface area contributed by atoms with Gasteiger partial charge in [0.25, 0.3) is 5.91 Å². The normalized spacial score (nSPS) is 11.5. The van der Waals surface area contributed by atoms with E-state index in [2.05, 4.69) is 10.3 Å². The number of carbonyl (C=O) groups excluding carboxylic acids is 1. The van der Waals surface area contributed by atoms with Crippen molar-refractivity contribution in [3.63, 3.8) is 0 Å². The summed E-state index contributed by atoms with van der Waals surface area (Å²) in [5.74, 6) is -1.39. The number of thiophene rings is 1. The Morgan fingerprint density at radius 1 is 1.00 bits per heavy atom. The van der Waals surface area contributed by atoms with Crippen LogP contribution >= 0.6 is 11.3 Å². The minimum Gasteiger partial charge on any atom is -0.508 e. The molecule has 170 valence electrons. The number of nitrogens with zero attached hydrogens (tertiary/aromatic N) is 1. The molecule has 0 aliphatic heterocycles. The van der Waals surface area contributed by atoms with Gasteiger partial charge in [-0.1, -0.05) is 42.5 Å². The molecule has 0 fully saturated rings. The Kier molecular flexibility index (Phi) is 6.79. The van der Waals surface area contributed by atoms with E-state index < -0.39 is 12.0 Å². The molecule has 0 spiro atoms. The molecule has 4 rings (SSSR count). The number of nitrogens with one attached hydrogen (secondary N) is 2. The largest absolute Gasteiger partial charge is 0.508 e. The lowest BCUT2D eigenvalue weighted by atomic mass is 9.97. The van der Waals surface area contributed by atoms with Crippen LogP contribution in [0.1, 0.15) is 43.6 Å². The van der Waals surface area contributed by atoms with Crippen molar-refractivity contribution in [2.45, 2.75) is 12.5 Å². The summed E-state index contributed by atoms with van der Waals surface area (Å²) in [5.41, 5.74) is 2.09. The van der Waals surface area contributed by atoms with Crippen LogP contribution < -0.4 is 5.32 Å². The predicted octanol–water partition coefficient (Wildman–Crippen LogP) is 5.14. The summed E-state index contributed by atoms with van der Waals surface area (Å²) < 4.78 is 0. The van der Waals surface area contributed by atoms with Gasteiger partial charge in [-0.05, 0) is 30.3 Å². The number of pyridine rings is 1. The second-order valence-corrected chi connectivity index (χ2v) is 8.61. The number of amides is 1. The van der Waals surface area contributed by atoms with Gasteiger partial charge in [0.15, 0.2) is 0 Å². The molecule has 34 heavy (non-hydrogen) atoms. The van der Waals surface area contributed by atoms with Crippen LogP contribution in [0.4, 0.5) is 0 Å². The van der Waals surface area contributed by atoms with E-state index in [0.717, 1.165) is 0 Å². The molecule has 0 aliphatic carbocycles. The van der Waals surface area contributed by atoms with E-state index in [1.54, 1.807) is 73.1 Å². The van der Waals surface area contributed by atoms with Crippen molar-refractivity contribution in [1.29, 1.82) is 5.41 Å². The number of aromatic carboxylic acids is 1. The highest BCUT2D eigenvalue weighted by Gasteiger charge is 2.22. The molecule has 0 saturated heterocycles. The molecule has 2 aromatic heterocycles. The number of carboxylic acid groups (broad SMARTS) is 1. The molecular formula is C26H21N3O4S. The molecule has 4 N–H and O–H groups in total. The van der Waals surface area contributed by atoms with Crippen molar-refractivity contribution in [2.24, 2.45) is 0 Å². The van der Waals surface area contributed by atoms with Crippen LogP contribution in [-0.2, 0) is 0 Å². The number of hydrogen-bond acceptors (Lipinski definition) is 6. The van der Waals surface area contributed by atoms with Crippen molar-refractivity contribution in [3.8, 4) is 16.2 Å². The van der Waals surface area contributed by atoms with Gasteiger partial charge in [0, 0.05) is 46.1 Å². The molecule has 0 bridgehead atoms. The number of phenolic OH excluding ortho intramolecular Hbond substituents is 1. The fraction of sp³-hybridized carbons (Fsp3) is 0.0769. The average Bonchev–Trinajstić information content (AvgIpc) is 3.35. The van der Waals surface area contributed by atoms with Gasteiger partial charge in [-0.15, -0.1) is 11.3 Å². The van der Waals surface area contributed by atoms with Gasteiger partial charge in [0.05, 0.1) is 16.5 Å². The molecule has 2 aromatic carbocycles. The van der Waals surface area contributed by atoms with Crippen LogP contribution in [0.2, 0.25) is 0 Å². The van der Waals surface area contributed by atoms with E-state index in [1.165, 1.54) is 23.5 Å². The molecule has 1 atom stereocenters. The summed E-state index contributed by atoms with van der Waals surface area (Å²) in [6.07, 6.45) is 3.35. The Morgan fingerprint density at radius 2 is 1.76 bits per heavy atom. The summed E-state index contributed by atoms with van der Waals surface area (Å²) in [7, 11) is 0. The lowest BCUT2D eigenvalue weighted by Gasteiger charge is -2.20. The first-order chi connectivity index (χ1) is 16.4.